The lowest BCUT2D eigenvalue weighted by atomic mass is 10.1. The van der Waals surface area contributed by atoms with E-state index < -0.39 is 0 Å². The number of anilines is 1. The second kappa shape index (κ2) is 4.06. The summed E-state index contributed by atoms with van der Waals surface area (Å²) in [5.74, 6) is 1.07. The Balaban J connectivity index is 1.73. The average molecular weight is 217 g/mol. The Hall–Kier alpha value is -1.09. The first-order valence-electron chi connectivity index (χ1n) is 6.27. The molecule has 0 spiro atoms. The SMILES string of the molecule is Cc1cccnc1NC1CCN2CCCC12. The summed E-state index contributed by atoms with van der Waals surface area (Å²) in [5.41, 5.74) is 1.25. The summed E-state index contributed by atoms with van der Waals surface area (Å²) in [6.45, 7) is 4.68. The Morgan fingerprint density at radius 1 is 1.38 bits per heavy atom. The highest BCUT2D eigenvalue weighted by Crippen LogP contribution is 2.30. The molecule has 2 aliphatic rings. The van der Waals surface area contributed by atoms with Crippen molar-refractivity contribution >= 4 is 5.82 Å². The number of aryl methyl sites for hydroxylation is 1. The van der Waals surface area contributed by atoms with Crippen LogP contribution < -0.4 is 5.32 Å². The number of aromatic nitrogens is 1. The van der Waals surface area contributed by atoms with Gasteiger partial charge in [0.15, 0.2) is 0 Å². The number of nitrogens with one attached hydrogen (secondary N) is 1. The number of rotatable bonds is 2. The summed E-state index contributed by atoms with van der Waals surface area (Å²) < 4.78 is 0. The highest BCUT2D eigenvalue weighted by atomic mass is 15.2. The van der Waals surface area contributed by atoms with Crippen molar-refractivity contribution < 1.29 is 0 Å². The molecule has 1 N–H and O–H groups in total. The number of hydrogen-bond acceptors (Lipinski definition) is 3. The van der Waals surface area contributed by atoms with Gasteiger partial charge in [-0.05, 0) is 44.4 Å². The molecule has 16 heavy (non-hydrogen) atoms. The molecule has 0 bridgehead atoms. The zero-order chi connectivity index (χ0) is 11.0. The van der Waals surface area contributed by atoms with E-state index in [1.807, 2.05) is 12.3 Å². The topological polar surface area (TPSA) is 28.2 Å². The van der Waals surface area contributed by atoms with Crippen LogP contribution in [0.1, 0.15) is 24.8 Å². The van der Waals surface area contributed by atoms with Gasteiger partial charge in [0.1, 0.15) is 5.82 Å². The van der Waals surface area contributed by atoms with Gasteiger partial charge in [0, 0.05) is 24.8 Å². The Kier molecular flexibility index (Phi) is 2.56. The van der Waals surface area contributed by atoms with E-state index in [1.165, 1.54) is 37.9 Å². The van der Waals surface area contributed by atoms with Crippen LogP contribution in [0.25, 0.3) is 0 Å². The molecule has 0 saturated carbocycles. The minimum Gasteiger partial charge on any atom is -0.365 e. The third-order valence-corrected chi connectivity index (χ3v) is 3.94. The first kappa shape index (κ1) is 10.1. The normalized spacial score (nSPS) is 29.3. The molecule has 1 aromatic heterocycles. The molecule has 3 heterocycles. The first-order valence-corrected chi connectivity index (χ1v) is 6.27. The van der Waals surface area contributed by atoms with Gasteiger partial charge in [0.2, 0.25) is 0 Å². The molecule has 3 nitrogen and oxygen atoms in total. The fraction of sp³-hybridized carbons (Fsp3) is 0.615. The molecular weight excluding hydrogens is 198 g/mol. The predicted octanol–water partition coefficient (Wildman–Crippen LogP) is 2.04. The van der Waals surface area contributed by atoms with Gasteiger partial charge in [-0.1, -0.05) is 6.07 Å². The monoisotopic (exact) mass is 217 g/mol. The van der Waals surface area contributed by atoms with E-state index in [2.05, 4.69) is 28.2 Å². The Bertz CT molecular complexity index is 377. The van der Waals surface area contributed by atoms with E-state index in [4.69, 9.17) is 0 Å². The maximum Gasteiger partial charge on any atom is 0.129 e. The lowest BCUT2D eigenvalue weighted by molar-refractivity contribution is 0.318. The van der Waals surface area contributed by atoms with Gasteiger partial charge in [-0.25, -0.2) is 4.98 Å². The lowest BCUT2D eigenvalue weighted by Crippen LogP contribution is -2.34. The first-order chi connectivity index (χ1) is 7.84. The molecule has 0 aromatic carbocycles. The highest BCUT2D eigenvalue weighted by Gasteiger charge is 2.37. The molecule has 0 radical (unpaired) electrons. The van der Waals surface area contributed by atoms with E-state index in [-0.39, 0.29) is 0 Å². The molecule has 2 aliphatic heterocycles. The number of nitrogens with zero attached hydrogens (tertiary/aromatic N) is 2. The van der Waals surface area contributed by atoms with Crippen LogP contribution in [-0.2, 0) is 0 Å². The molecule has 86 valence electrons. The average Bonchev–Trinajstić information content (AvgIpc) is 2.86. The second-order valence-corrected chi connectivity index (χ2v) is 4.95. The Morgan fingerprint density at radius 2 is 2.31 bits per heavy atom. The maximum absolute atomic E-state index is 4.43. The van der Waals surface area contributed by atoms with Gasteiger partial charge >= 0.3 is 0 Å². The third-order valence-electron chi connectivity index (χ3n) is 3.94. The number of fused-ring (bicyclic) bond motifs is 1. The summed E-state index contributed by atoms with van der Waals surface area (Å²) in [6, 6.07) is 5.48. The fourth-order valence-corrected chi connectivity index (χ4v) is 3.06. The molecule has 3 heteroatoms. The molecule has 2 fully saturated rings. The molecule has 0 aliphatic carbocycles. The fourth-order valence-electron chi connectivity index (χ4n) is 3.06. The zero-order valence-corrected chi connectivity index (χ0v) is 9.82. The summed E-state index contributed by atoms with van der Waals surface area (Å²) in [5, 5.41) is 3.63. The van der Waals surface area contributed by atoms with Crippen LogP contribution in [0.2, 0.25) is 0 Å². The van der Waals surface area contributed by atoms with Crippen LogP contribution in [0.5, 0.6) is 0 Å². The van der Waals surface area contributed by atoms with Crippen molar-refractivity contribution in [1.29, 1.82) is 0 Å². The van der Waals surface area contributed by atoms with Crippen molar-refractivity contribution in [3.8, 4) is 0 Å². The van der Waals surface area contributed by atoms with E-state index in [0.29, 0.717) is 6.04 Å². The summed E-state index contributed by atoms with van der Waals surface area (Å²) in [6.07, 6.45) is 5.85. The number of hydrogen-bond donors (Lipinski definition) is 1. The van der Waals surface area contributed by atoms with Gasteiger partial charge in [-0.15, -0.1) is 0 Å². The summed E-state index contributed by atoms with van der Waals surface area (Å²) in [4.78, 5) is 7.05. The predicted molar refractivity (Wildman–Crippen MR) is 65.6 cm³/mol. The van der Waals surface area contributed by atoms with Gasteiger partial charge in [-0.2, -0.15) is 0 Å². The lowest BCUT2D eigenvalue weighted by Gasteiger charge is -2.22. The van der Waals surface area contributed by atoms with Crippen molar-refractivity contribution in [3.05, 3.63) is 23.9 Å². The van der Waals surface area contributed by atoms with E-state index in [9.17, 15) is 0 Å². The minimum atomic E-state index is 0.608. The van der Waals surface area contributed by atoms with Crippen molar-refractivity contribution in [3.63, 3.8) is 0 Å². The number of pyridine rings is 1. The molecule has 2 saturated heterocycles. The van der Waals surface area contributed by atoms with Gasteiger partial charge in [-0.3, -0.25) is 4.90 Å². The molecule has 2 unspecified atom stereocenters. The van der Waals surface area contributed by atoms with Gasteiger partial charge < -0.3 is 5.32 Å². The van der Waals surface area contributed by atoms with E-state index >= 15 is 0 Å². The van der Waals surface area contributed by atoms with Crippen LogP contribution in [0.3, 0.4) is 0 Å². The quantitative estimate of drug-likeness (QED) is 0.821. The smallest absolute Gasteiger partial charge is 0.129 e. The van der Waals surface area contributed by atoms with Crippen LogP contribution in [-0.4, -0.2) is 35.1 Å². The zero-order valence-electron chi connectivity index (χ0n) is 9.82. The molecule has 2 atom stereocenters. The molecule has 1 aromatic rings. The maximum atomic E-state index is 4.43. The van der Waals surface area contributed by atoms with Crippen molar-refractivity contribution in [2.75, 3.05) is 18.4 Å². The third kappa shape index (κ3) is 1.69. The van der Waals surface area contributed by atoms with E-state index in [1.54, 1.807) is 0 Å². The molecule has 0 amide bonds. The van der Waals surface area contributed by atoms with Crippen molar-refractivity contribution in [2.45, 2.75) is 38.3 Å². The second-order valence-electron chi connectivity index (χ2n) is 4.95. The van der Waals surface area contributed by atoms with Crippen LogP contribution >= 0.6 is 0 Å². The largest absolute Gasteiger partial charge is 0.365 e. The highest BCUT2D eigenvalue weighted by molar-refractivity contribution is 5.44. The Morgan fingerprint density at radius 3 is 3.19 bits per heavy atom. The molecular formula is C13H19N3. The van der Waals surface area contributed by atoms with Crippen molar-refractivity contribution in [1.82, 2.24) is 9.88 Å². The summed E-state index contributed by atoms with van der Waals surface area (Å²) in [7, 11) is 0. The van der Waals surface area contributed by atoms with Gasteiger partial charge in [0.25, 0.3) is 0 Å². The minimum absolute atomic E-state index is 0.608. The van der Waals surface area contributed by atoms with Gasteiger partial charge in [0.05, 0.1) is 0 Å². The van der Waals surface area contributed by atoms with Crippen LogP contribution in [0.15, 0.2) is 18.3 Å². The van der Waals surface area contributed by atoms with Crippen LogP contribution in [0, 0.1) is 6.92 Å². The molecule has 3 rings (SSSR count). The summed E-state index contributed by atoms with van der Waals surface area (Å²) >= 11 is 0. The van der Waals surface area contributed by atoms with Crippen molar-refractivity contribution in [2.24, 2.45) is 0 Å². The standard InChI is InChI=1S/C13H19N3/c1-10-4-2-7-14-13(10)15-11-6-9-16-8-3-5-12(11)16/h2,4,7,11-12H,3,5-6,8-9H2,1H3,(H,14,15). The Labute approximate surface area is 96.9 Å². The van der Waals surface area contributed by atoms with Crippen LogP contribution in [0.4, 0.5) is 5.82 Å². The van der Waals surface area contributed by atoms with E-state index in [0.717, 1.165) is 11.9 Å².